The lowest BCUT2D eigenvalue weighted by molar-refractivity contribution is -0.118. The molecule has 22 heavy (non-hydrogen) atoms. The van der Waals surface area contributed by atoms with Gasteiger partial charge in [0.2, 0.25) is 5.91 Å². The fraction of sp³-hybridized carbons (Fsp3) is 0.438. The summed E-state index contributed by atoms with van der Waals surface area (Å²) in [5.41, 5.74) is 5.43. The van der Waals surface area contributed by atoms with Crippen LogP contribution in [0.5, 0.6) is 0 Å². The van der Waals surface area contributed by atoms with Gasteiger partial charge in [-0.05, 0) is 23.0 Å². The molecule has 0 atom stereocenters. The predicted octanol–water partition coefficient (Wildman–Crippen LogP) is 3.42. The molecule has 5 nitrogen and oxygen atoms in total. The molecule has 2 rings (SSSR count). The smallest absolute Gasteiger partial charge is 0.229 e. The third-order valence-electron chi connectivity index (χ3n) is 4.78. The quantitative estimate of drug-likeness (QED) is 0.836. The second kappa shape index (κ2) is 5.51. The fourth-order valence-corrected chi connectivity index (χ4v) is 2.77. The number of aliphatic imine (C=N–C) groups is 1. The number of rotatable bonds is 4. The highest BCUT2D eigenvalue weighted by molar-refractivity contribution is 5.95. The Kier molecular flexibility index (Phi) is 4.04. The van der Waals surface area contributed by atoms with Crippen LogP contribution in [0.1, 0.15) is 29.1 Å². The van der Waals surface area contributed by atoms with Gasteiger partial charge >= 0.3 is 0 Å². The monoisotopic (exact) mass is 306 g/mol. The maximum absolute atomic E-state index is 12.8. The number of hydrogen-bond donors (Lipinski definition) is 2. The zero-order valence-electron chi connectivity index (χ0n) is 13.2. The minimum atomic E-state index is -0.629. The number of halogens is 1. The number of carbonyl (C=O) groups is 1. The number of amides is 1. The molecule has 1 amide bonds. The molecular formula is C16H23FN4O. The van der Waals surface area contributed by atoms with E-state index in [0.29, 0.717) is 11.5 Å². The number of nitrogens with two attached hydrogens (primary N) is 1. The molecule has 0 unspecified atom stereocenters. The van der Waals surface area contributed by atoms with Crippen LogP contribution < -0.4 is 11.1 Å². The highest BCUT2D eigenvalue weighted by atomic mass is 19.1. The largest absolute Gasteiger partial charge is 0.402 e. The van der Waals surface area contributed by atoms with Crippen LogP contribution in [0.4, 0.5) is 15.9 Å². The van der Waals surface area contributed by atoms with Crippen molar-refractivity contribution in [2.45, 2.75) is 27.7 Å². The van der Waals surface area contributed by atoms with Crippen molar-refractivity contribution in [3.05, 3.63) is 30.4 Å². The third-order valence-corrected chi connectivity index (χ3v) is 4.78. The first-order chi connectivity index (χ1) is 10.2. The molecule has 0 saturated heterocycles. The average molecular weight is 306 g/mol. The van der Waals surface area contributed by atoms with Crippen LogP contribution in [0.2, 0.25) is 0 Å². The van der Waals surface area contributed by atoms with Gasteiger partial charge in [0.05, 0.1) is 18.1 Å². The zero-order chi connectivity index (χ0) is 16.5. The van der Waals surface area contributed by atoms with Gasteiger partial charge in [0, 0.05) is 13.5 Å². The Labute approximate surface area is 131 Å². The average Bonchev–Trinajstić information content (AvgIpc) is 2.87. The van der Waals surface area contributed by atoms with Gasteiger partial charge in [-0.15, -0.1) is 0 Å². The van der Waals surface area contributed by atoms with E-state index in [2.05, 4.69) is 43.0 Å². The van der Waals surface area contributed by atoms with Crippen LogP contribution in [0.3, 0.4) is 0 Å². The second-order valence-corrected chi connectivity index (χ2v) is 6.58. The summed E-state index contributed by atoms with van der Waals surface area (Å²) in [5, 5.41) is 2.81. The molecule has 1 aliphatic carbocycles. The molecule has 1 heterocycles. The summed E-state index contributed by atoms with van der Waals surface area (Å²) in [6.07, 6.45) is 3.29. The zero-order valence-corrected chi connectivity index (χ0v) is 13.2. The number of hydrogen-bond acceptors (Lipinski definition) is 4. The Hall–Kier alpha value is -2.24. The van der Waals surface area contributed by atoms with Gasteiger partial charge in [-0.3, -0.25) is 9.79 Å². The predicted molar refractivity (Wildman–Crippen MR) is 87.6 cm³/mol. The first-order valence-corrected chi connectivity index (χ1v) is 7.08. The number of carbonyl (C=O) groups excluding carboxylic acids is 1. The SMILES string of the molecule is CC1(C)C(C(=O)Nc2ccc(N=C/C(F)=C\N)cn2)C1(C)C.[HH]. The van der Waals surface area contributed by atoms with Crippen molar-refractivity contribution < 1.29 is 10.6 Å². The van der Waals surface area contributed by atoms with Gasteiger partial charge in [0.25, 0.3) is 0 Å². The minimum absolute atomic E-state index is 0. The van der Waals surface area contributed by atoms with Crippen molar-refractivity contribution in [1.82, 2.24) is 4.98 Å². The van der Waals surface area contributed by atoms with Gasteiger partial charge in [-0.25, -0.2) is 9.37 Å². The molecule has 0 aliphatic heterocycles. The molecular weight excluding hydrogens is 283 g/mol. The fourth-order valence-electron chi connectivity index (χ4n) is 2.77. The molecule has 0 aromatic carbocycles. The maximum Gasteiger partial charge on any atom is 0.229 e. The standard InChI is InChI=1S/C16H21FN4O.H2/c1-15(2)13(16(15,3)4)14(22)21-12-6-5-11(9-20-12)19-8-10(17)7-18;/h5-9,13H,18H2,1-4H3,(H,20,21,22);1H/b10-7+,19-8?;. The van der Waals surface area contributed by atoms with Crippen LogP contribution in [-0.2, 0) is 4.79 Å². The van der Waals surface area contributed by atoms with Crippen molar-refractivity contribution in [3.63, 3.8) is 0 Å². The van der Waals surface area contributed by atoms with Crippen molar-refractivity contribution in [1.29, 1.82) is 0 Å². The van der Waals surface area contributed by atoms with E-state index in [1.54, 1.807) is 12.1 Å². The summed E-state index contributed by atoms with van der Waals surface area (Å²) in [5.74, 6) is -0.244. The highest BCUT2D eigenvalue weighted by Crippen LogP contribution is 2.68. The molecule has 0 bridgehead atoms. The minimum Gasteiger partial charge on any atom is -0.402 e. The summed E-state index contributed by atoms with van der Waals surface area (Å²) in [4.78, 5) is 20.3. The van der Waals surface area contributed by atoms with E-state index < -0.39 is 5.83 Å². The van der Waals surface area contributed by atoms with E-state index in [-0.39, 0.29) is 24.1 Å². The van der Waals surface area contributed by atoms with Crippen molar-refractivity contribution in [2.24, 2.45) is 27.5 Å². The van der Waals surface area contributed by atoms with Gasteiger partial charge in [0.15, 0.2) is 5.83 Å². The Bertz CT molecular complexity index is 624. The topological polar surface area (TPSA) is 80.4 Å². The van der Waals surface area contributed by atoms with Gasteiger partial charge in [0.1, 0.15) is 5.82 Å². The van der Waals surface area contributed by atoms with E-state index in [1.807, 2.05) is 0 Å². The number of pyridine rings is 1. The van der Waals surface area contributed by atoms with Crippen molar-refractivity contribution in [2.75, 3.05) is 5.32 Å². The first-order valence-electron chi connectivity index (χ1n) is 7.08. The molecule has 1 fully saturated rings. The summed E-state index contributed by atoms with van der Waals surface area (Å²) in [6.45, 7) is 8.34. The van der Waals surface area contributed by atoms with E-state index >= 15 is 0 Å². The Morgan fingerprint density at radius 3 is 2.50 bits per heavy atom. The molecule has 1 aromatic heterocycles. The van der Waals surface area contributed by atoms with Crippen LogP contribution in [0.15, 0.2) is 35.3 Å². The molecule has 1 aromatic rings. The number of nitrogens with zero attached hydrogens (tertiary/aromatic N) is 2. The number of anilines is 1. The molecule has 1 aliphatic rings. The molecule has 0 spiro atoms. The van der Waals surface area contributed by atoms with E-state index in [1.165, 1.54) is 6.20 Å². The number of nitrogens with one attached hydrogen (secondary N) is 1. The first kappa shape index (κ1) is 16.1. The highest BCUT2D eigenvalue weighted by Gasteiger charge is 2.68. The van der Waals surface area contributed by atoms with Gasteiger partial charge in [-0.1, -0.05) is 27.7 Å². The summed E-state index contributed by atoms with van der Waals surface area (Å²) < 4.78 is 12.8. The lowest BCUT2D eigenvalue weighted by Gasteiger charge is -2.05. The summed E-state index contributed by atoms with van der Waals surface area (Å²) >= 11 is 0. The normalized spacial score (nSPS) is 20.1. The van der Waals surface area contributed by atoms with Crippen molar-refractivity contribution in [3.8, 4) is 0 Å². The molecule has 3 N–H and O–H groups in total. The summed E-state index contributed by atoms with van der Waals surface area (Å²) in [7, 11) is 0. The molecule has 6 heteroatoms. The van der Waals surface area contributed by atoms with Crippen LogP contribution >= 0.6 is 0 Å². The Morgan fingerprint density at radius 2 is 2.05 bits per heavy atom. The van der Waals surface area contributed by atoms with Crippen LogP contribution in [-0.4, -0.2) is 17.1 Å². The van der Waals surface area contributed by atoms with Crippen molar-refractivity contribution >= 4 is 23.6 Å². The van der Waals surface area contributed by atoms with Gasteiger partial charge in [-0.2, -0.15) is 0 Å². The Morgan fingerprint density at radius 1 is 1.41 bits per heavy atom. The Balaban J connectivity index is 0.00000264. The van der Waals surface area contributed by atoms with Crippen LogP contribution in [0.25, 0.3) is 0 Å². The van der Waals surface area contributed by atoms with E-state index in [0.717, 1.165) is 12.4 Å². The number of aromatic nitrogens is 1. The van der Waals surface area contributed by atoms with E-state index in [9.17, 15) is 9.18 Å². The second-order valence-electron chi connectivity index (χ2n) is 6.58. The lowest BCUT2D eigenvalue weighted by atomic mass is 10.0. The molecule has 0 radical (unpaired) electrons. The summed E-state index contributed by atoms with van der Waals surface area (Å²) in [6, 6.07) is 3.28. The third kappa shape index (κ3) is 2.86. The van der Waals surface area contributed by atoms with Crippen LogP contribution in [0, 0.1) is 16.7 Å². The lowest BCUT2D eigenvalue weighted by Crippen LogP contribution is -2.18. The number of allylic oxidation sites excluding steroid dienone is 1. The molecule has 1 saturated carbocycles. The van der Waals surface area contributed by atoms with Gasteiger partial charge < -0.3 is 11.1 Å². The molecule has 120 valence electrons. The maximum atomic E-state index is 12.8. The van der Waals surface area contributed by atoms with E-state index in [4.69, 9.17) is 5.73 Å².